The highest BCUT2D eigenvalue weighted by Crippen LogP contribution is 2.55. The molecule has 0 aromatic heterocycles. The monoisotopic (exact) mass is 334 g/mol. The Kier molecular flexibility index (Phi) is 6.25. The molecular weight excluding hydrogens is 304 g/mol. The minimum atomic E-state index is -0.276. The van der Waals surface area contributed by atoms with E-state index in [0.29, 0.717) is 18.4 Å². The van der Waals surface area contributed by atoms with Crippen molar-refractivity contribution in [2.24, 2.45) is 17.3 Å². The van der Waals surface area contributed by atoms with Crippen LogP contribution >= 0.6 is 0 Å². The Morgan fingerprint density at radius 2 is 2.21 bits per heavy atom. The zero-order valence-corrected chi connectivity index (χ0v) is 15.3. The second kappa shape index (κ2) is 8.00. The molecule has 0 amide bonds. The molecule has 2 aliphatic rings. The Hall–Kier alpha value is -1.58. The first kappa shape index (κ1) is 18.8. The molecule has 1 fully saturated rings. The summed E-state index contributed by atoms with van der Waals surface area (Å²) in [5.41, 5.74) is 1.56. The lowest BCUT2D eigenvalue weighted by Gasteiger charge is -2.44. The zero-order chi connectivity index (χ0) is 17.7. The van der Waals surface area contributed by atoms with Crippen molar-refractivity contribution in [3.8, 4) is 0 Å². The number of carbonyl (C=O) groups is 2. The molecule has 0 heterocycles. The van der Waals surface area contributed by atoms with Crippen molar-refractivity contribution in [1.29, 1.82) is 0 Å². The van der Waals surface area contributed by atoms with E-state index >= 15 is 0 Å². The molecule has 24 heavy (non-hydrogen) atoms. The maximum absolute atomic E-state index is 11.4. The number of ether oxygens (including phenoxy) is 2. The predicted octanol–water partition coefficient (Wildman–Crippen LogP) is 4.20. The summed E-state index contributed by atoms with van der Waals surface area (Å²) >= 11 is 0. The third-order valence-electron chi connectivity index (χ3n) is 5.58. The fourth-order valence-electron chi connectivity index (χ4n) is 4.53. The van der Waals surface area contributed by atoms with Gasteiger partial charge in [-0.3, -0.25) is 4.79 Å². The molecule has 2 aliphatic carbocycles. The highest BCUT2D eigenvalue weighted by atomic mass is 16.5. The van der Waals surface area contributed by atoms with Gasteiger partial charge in [0.25, 0.3) is 0 Å². The van der Waals surface area contributed by atoms with Gasteiger partial charge in [-0.25, -0.2) is 4.79 Å². The summed E-state index contributed by atoms with van der Waals surface area (Å²) in [6, 6.07) is 0. The molecule has 0 radical (unpaired) electrons. The topological polar surface area (TPSA) is 52.6 Å². The van der Waals surface area contributed by atoms with Crippen LogP contribution in [0.25, 0.3) is 0 Å². The van der Waals surface area contributed by atoms with Crippen molar-refractivity contribution in [2.45, 2.75) is 65.9 Å². The lowest BCUT2D eigenvalue weighted by atomic mass is 9.63. The number of hydrogen-bond acceptors (Lipinski definition) is 4. The van der Waals surface area contributed by atoms with Gasteiger partial charge in [-0.1, -0.05) is 31.6 Å². The van der Waals surface area contributed by atoms with Gasteiger partial charge in [0.05, 0.1) is 6.61 Å². The van der Waals surface area contributed by atoms with Gasteiger partial charge >= 0.3 is 11.9 Å². The van der Waals surface area contributed by atoms with Gasteiger partial charge in [-0.05, 0) is 50.4 Å². The van der Waals surface area contributed by atoms with Gasteiger partial charge in [-0.2, -0.15) is 0 Å². The van der Waals surface area contributed by atoms with E-state index in [-0.39, 0.29) is 23.5 Å². The number of carbonyl (C=O) groups excluding carboxylic acids is 2. The fraction of sp³-hybridized carbons (Fsp3) is 0.700. The predicted molar refractivity (Wildman–Crippen MR) is 93.3 cm³/mol. The summed E-state index contributed by atoms with van der Waals surface area (Å²) in [5.74, 6) is 0.313. The van der Waals surface area contributed by atoms with E-state index in [4.69, 9.17) is 9.47 Å². The van der Waals surface area contributed by atoms with Crippen molar-refractivity contribution in [2.75, 3.05) is 6.61 Å². The largest absolute Gasteiger partial charge is 0.463 e. The normalized spacial score (nSPS) is 30.6. The average Bonchev–Trinajstić information content (AvgIpc) is 2.85. The van der Waals surface area contributed by atoms with Gasteiger partial charge in [0.15, 0.2) is 0 Å². The summed E-state index contributed by atoms with van der Waals surface area (Å²) in [7, 11) is 0. The van der Waals surface area contributed by atoms with Crippen LogP contribution in [0.5, 0.6) is 0 Å². The minimum Gasteiger partial charge on any atom is -0.463 e. The van der Waals surface area contributed by atoms with Crippen LogP contribution in [0, 0.1) is 17.3 Å². The van der Waals surface area contributed by atoms with E-state index in [1.54, 1.807) is 6.92 Å². The fourth-order valence-corrected chi connectivity index (χ4v) is 4.53. The first-order valence-electron chi connectivity index (χ1n) is 9.09. The summed E-state index contributed by atoms with van der Waals surface area (Å²) in [6.45, 7) is 8.24. The Bertz CT molecular complexity index is 534. The van der Waals surface area contributed by atoms with E-state index in [1.165, 1.54) is 18.6 Å². The number of fused-ring (bicyclic) bond motifs is 1. The van der Waals surface area contributed by atoms with Crippen LogP contribution < -0.4 is 0 Å². The second-order valence-electron chi connectivity index (χ2n) is 7.25. The number of rotatable bonds is 6. The standard InChI is InChI=1S/C20H30O4/c1-5-23-19(22)10-6-8-14(2)16-11-12-17-18(24-15(3)21)9-7-13-20(16,17)4/h6,10-11,14,17-18H,5,7-9,12-13H2,1-4H3/b10-6+/t14-,17?,18-,20+/m0/s1. The van der Waals surface area contributed by atoms with E-state index in [1.807, 2.05) is 6.08 Å². The molecular formula is C20H30O4. The maximum atomic E-state index is 11.4. The summed E-state index contributed by atoms with van der Waals surface area (Å²) in [4.78, 5) is 22.8. The molecule has 0 saturated heterocycles. The van der Waals surface area contributed by atoms with Crippen molar-refractivity contribution < 1.29 is 19.1 Å². The molecule has 0 aliphatic heterocycles. The molecule has 0 spiro atoms. The van der Waals surface area contributed by atoms with Crippen molar-refractivity contribution in [3.63, 3.8) is 0 Å². The molecule has 4 nitrogen and oxygen atoms in total. The smallest absolute Gasteiger partial charge is 0.330 e. The van der Waals surface area contributed by atoms with Crippen LogP contribution in [0.1, 0.15) is 59.8 Å². The van der Waals surface area contributed by atoms with Crippen LogP contribution in [-0.4, -0.2) is 24.6 Å². The van der Waals surface area contributed by atoms with E-state index < -0.39 is 0 Å². The Balaban J connectivity index is 2.01. The summed E-state index contributed by atoms with van der Waals surface area (Å²) in [6.07, 6.45) is 10.8. The average molecular weight is 334 g/mol. The van der Waals surface area contributed by atoms with Gasteiger partial charge in [0, 0.05) is 18.9 Å². The summed E-state index contributed by atoms with van der Waals surface area (Å²) in [5, 5.41) is 0. The molecule has 0 aromatic carbocycles. The van der Waals surface area contributed by atoms with Crippen LogP contribution in [0.4, 0.5) is 0 Å². The highest BCUT2D eigenvalue weighted by molar-refractivity contribution is 5.81. The van der Waals surface area contributed by atoms with Crippen LogP contribution in [0.2, 0.25) is 0 Å². The van der Waals surface area contributed by atoms with Crippen molar-refractivity contribution in [3.05, 3.63) is 23.8 Å². The number of hydrogen-bond donors (Lipinski definition) is 0. The Morgan fingerprint density at radius 3 is 2.88 bits per heavy atom. The van der Waals surface area contributed by atoms with E-state index in [2.05, 4.69) is 19.9 Å². The molecule has 4 heteroatoms. The molecule has 134 valence electrons. The van der Waals surface area contributed by atoms with Gasteiger partial charge in [-0.15, -0.1) is 0 Å². The quantitative estimate of drug-likeness (QED) is 0.415. The first-order chi connectivity index (χ1) is 11.4. The summed E-state index contributed by atoms with van der Waals surface area (Å²) < 4.78 is 10.5. The number of allylic oxidation sites excluding steroid dienone is 3. The highest BCUT2D eigenvalue weighted by Gasteiger charge is 2.49. The first-order valence-corrected chi connectivity index (χ1v) is 9.09. The third-order valence-corrected chi connectivity index (χ3v) is 5.58. The van der Waals surface area contributed by atoms with Gasteiger partial charge in [0.1, 0.15) is 6.10 Å². The molecule has 1 saturated carbocycles. The zero-order valence-electron chi connectivity index (χ0n) is 15.3. The van der Waals surface area contributed by atoms with Crippen molar-refractivity contribution in [1.82, 2.24) is 0 Å². The SMILES string of the molecule is CCOC(=O)/C=C/C[C@H](C)C1=CCC2[C@@H](OC(C)=O)CCC[C@]12C. The second-order valence-corrected chi connectivity index (χ2v) is 7.25. The van der Waals surface area contributed by atoms with Crippen LogP contribution in [0.15, 0.2) is 23.8 Å². The molecule has 0 bridgehead atoms. The van der Waals surface area contributed by atoms with E-state index in [0.717, 1.165) is 32.1 Å². The third kappa shape index (κ3) is 4.08. The van der Waals surface area contributed by atoms with Gasteiger partial charge < -0.3 is 9.47 Å². The molecule has 0 aromatic rings. The van der Waals surface area contributed by atoms with Crippen LogP contribution in [-0.2, 0) is 19.1 Å². The van der Waals surface area contributed by atoms with Crippen molar-refractivity contribution >= 4 is 11.9 Å². The molecule has 1 unspecified atom stereocenters. The molecule has 4 atom stereocenters. The lowest BCUT2D eigenvalue weighted by molar-refractivity contribution is -0.153. The Labute approximate surface area is 145 Å². The Morgan fingerprint density at radius 1 is 1.46 bits per heavy atom. The lowest BCUT2D eigenvalue weighted by Crippen LogP contribution is -2.41. The molecule has 0 N–H and O–H groups in total. The van der Waals surface area contributed by atoms with Gasteiger partial charge in [0.2, 0.25) is 0 Å². The maximum Gasteiger partial charge on any atom is 0.330 e. The van der Waals surface area contributed by atoms with Crippen LogP contribution in [0.3, 0.4) is 0 Å². The minimum absolute atomic E-state index is 0.0391. The molecule has 2 rings (SSSR count). The number of esters is 2. The van der Waals surface area contributed by atoms with E-state index in [9.17, 15) is 9.59 Å².